The quantitative estimate of drug-likeness (QED) is 0.153. The summed E-state index contributed by atoms with van der Waals surface area (Å²) in [5.41, 5.74) is 7.56. The van der Waals surface area contributed by atoms with Gasteiger partial charge in [-0.1, -0.05) is 49.9 Å². The Labute approximate surface area is 313 Å². The maximum Gasteiger partial charge on any atom is 0.407 e. The van der Waals surface area contributed by atoms with E-state index in [9.17, 15) is 29.4 Å². The van der Waals surface area contributed by atoms with Crippen molar-refractivity contribution in [2.24, 2.45) is 17.6 Å². The van der Waals surface area contributed by atoms with Gasteiger partial charge in [0.05, 0.1) is 23.9 Å². The summed E-state index contributed by atoms with van der Waals surface area (Å²) in [6.07, 6.45) is 8.94. The number of guanidine groups is 1. The van der Waals surface area contributed by atoms with E-state index in [1.165, 1.54) is 9.80 Å². The molecule has 2 aromatic carbocycles. The van der Waals surface area contributed by atoms with Gasteiger partial charge in [-0.15, -0.1) is 0 Å². The third kappa shape index (κ3) is 7.37. The SMILES string of the molecule is N=C(N)Nc1ccc(CNC(=O)N2CC3(C4CCCCCCC43)N(C(=O)O)CC2C2CN(C(=O)c3ccc(Cn4ccnc4)cc3)CCN2C(=O)O)cc1. The predicted molar refractivity (Wildman–Crippen MR) is 199 cm³/mol. The maximum absolute atomic E-state index is 14.4. The molecule has 2 aliphatic heterocycles. The maximum atomic E-state index is 14.4. The molecule has 4 aliphatic rings. The topological polar surface area (TPSA) is 213 Å². The van der Waals surface area contributed by atoms with E-state index in [-0.39, 0.29) is 63.0 Å². The molecule has 54 heavy (non-hydrogen) atoms. The largest absolute Gasteiger partial charge is 0.465 e. The molecule has 3 heterocycles. The summed E-state index contributed by atoms with van der Waals surface area (Å²) < 4.78 is 1.92. The highest BCUT2D eigenvalue weighted by molar-refractivity contribution is 5.94. The van der Waals surface area contributed by atoms with Crippen molar-refractivity contribution in [1.29, 1.82) is 5.41 Å². The summed E-state index contributed by atoms with van der Waals surface area (Å²) in [6, 6.07) is 12.2. The number of imidazole rings is 1. The minimum atomic E-state index is -1.19. The van der Waals surface area contributed by atoms with Gasteiger partial charge in [0.15, 0.2) is 5.96 Å². The number of nitrogens with two attached hydrogens (primary N) is 1. The van der Waals surface area contributed by atoms with E-state index in [1.807, 2.05) is 22.9 Å². The average Bonchev–Trinajstić information content (AvgIpc) is 3.42. The van der Waals surface area contributed by atoms with Crippen molar-refractivity contribution in [1.82, 2.24) is 34.5 Å². The van der Waals surface area contributed by atoms with Gasteiger partial charge in [-0.25, -0.2) is 19.4 Å². The number of urea groups is 1. The van der Waals surface area contributed by atoms with Crippen molar-refractivity contribution < 1.29 is 29.4 Å². The van der Waals surface area contributed by atoms with Crippen LogP contribution < -0.4 is 16.4 Å². The molecule has 2 saturated heterocycles. The first-order chi connectivity index (χ1) is 26.0. The number of piperazine rings is 2. The fourth-order valence-electron chi connectivity index (χ4n) is 9.17. The first-order valence-corrected chi connectivity index (χ1v) is 18.6. The lowest BCUT2D eigenvalue weighted by molar-refractivity contribution is -0.0226. The number of rotatable bonds is 7. The minimum absolute atomic E-state index is 0.00566. The number of amides is 5. The standard InChI is InChI=1S/C38H48N10O6/c39-34(40)43-28-13-9-25(10-14-28)19-42-35(50)47-23-38(29-5-3-1-2-4-6-30(29)38)48(37(53)54)22-32(47)31-21-45(17-18-46(31)36(51)52)33(49)27-11-7-26(8-12-27)20-44-16-15-41-24-44/h7-16,24,29-32H,1-6,17-23H2,(H,42,50)(H,51,52)(H,53,54)(H4,39,40,43). The van der Waals surface area contributed by atoms with Crippen molar-refractivity contribution in [2.75, 3.05) is 38.0 Å². The van der Waals surface area contributed by atoms with Crippen LogP contribution in [0.2, 0.25) is 0 Å². The summed E-state index contributed by atoms with van der Waals surface area (Å²) in [6.45, 7) is 1.000. The van der Waals surface area contributed by atoms with Crippen molar-refractivity contribution >= 4 is 35.8 Å². The lowest BCUT2D eigenvalue weighted by atomic mass is 9.93. The molecular weight excluding hydrogens is 692 g/mol. The fraction of sp³-hybridized carbons (Fsp3) is 0.474. The smallest absolute Gasteiger partial charge is 0.407 e. The molecule has 0 bridgehead atoms. The molecule has 4 fully saturated rings. The number of nitrogens with one attached hydrogen (secondary N) is 3. The molecule has 1 aromatic heterocycles. The zero-order chi connectivity index (χ0) is 38.0. The number of hydrogen-bond acceptors (Lipinski definition) is 6. The first-order valence-electron chi connectivity index (χ1n) is 18.6. The van der Waals surface area contributed by atoms with Crippen LogP contribution in [0.4, 0.5) is 20.1 Å². The van der Waals surface area contributed by atoms with E-state index in [0.717, 1.165) is 49.7 Å². The number of hydrogen-bond donors (Lipinski definition) is 6. The van der Waals surface area contributed by atoms with Crippen LogP contribution in [-0.2, 0) is 13.1 Å². The Morgan fingerprint density at radius 3 is 2.13 bits per heavy atom. The van der Waals surface area contributed by atoms with E-state index in [4.69, 9.17) is 11.1 Å². The van der Waals surface area contributed by atoms with E-state index in [2.05, 4.69) is 15.6 Å². The third-order valence-electron chi connectivity index (χ3n) is 11.8. The second-order valence-electron chi connectivity index (χ2n) is 14.9. The predicted octanol–water partition coefficient (Wildman–Crippen LogP) is 3.95. The van der Waals surface area contributed by atoms with Crippen LogP contribution in [0.3, 0.4) is 0 Å². The molecule has 16 nitrogen and oxygen atoms in total. The molecule has 0 radical (unpaired) electrons. The number of benzene rings is 2. The minimum Gasteiger partial charge on any atom is -0.465 e. The molecule has 286 valence electrons. The monoisotopic (exact) mass is 740 g/mol. The highest BCUT2D eigenvalue weighted by Crippen LogP contribution is 2.62. The number of anilines is 1. The van der Waals surface area contributed by atoms with E-state index >= 15 is 0 Å². The lowest BCUT2D eigenvalue weighted by Crippen LogP contribution is -2.72. The van der Waals surface area contributed by atoms with Crippen molar-refractivity contribution in [3.8, 4) is 0 Å². The molecule has 7 N–H and O–H groups in total. The van der Waals surface area contributed by atoms with Gasteiger partial charge in [-0.3, -0.25) is 20.0 Å². The van der Waals surface area contributed by atoms with Crippen LogP contribution in [0.15, 0.2) is 67.3 Å². The molecule has 4 unspecified atom stereocenters. The summed E-state index contributed by atoms with van der Waals surface area (Å²) >= 11 is 0. The van der Waals surface area contributed by atoms with E-state index < -0.39 is 35.8 Å². The Morgan fingerprint density at radius 1 is 0.852 bits per heavy atom. The van der Waals surface area contributed by atoms with E-state index in [0.29, 0.717) is 17.8 Å². The number of carbonyl (C=O) groups is 4. The summed E-state index contributed by atoms with van der Waals surface area (Å²) in [7, 11) is 0. The average molecular weight is 741 g/mol. The van der Waals surface area contributed by atoms with Gasteiger partial charge in [0.2, 0.25) is 0 Å². The van der Waals surface area contributed by atoms with Crippen molar-refractivity contribution in [3.63, 3.8) is 0 Å². The highest BCUT2D eigenvalue weighted by atomic mass is 16.4. The second-order valence-corrected chi connectivity index (χ2v) is 14.9. The number of carboxylic acid groups (broad SMARTS) is 2. The van der Waals surface area contributed by atoms with Crippen LogP contribution in [0.25, 0.3) is 0 Å². The van der Waals surface area contributed by atoms with Crippen molar-refractivity contribution in [2.45, 2.75) is 69.2 Å². The summed E-state index contributed by atoms with van der Waals surface area (Å²) in [4.78, 5) is 64.3. The van der Waals surface area contributed by atoms with Gasteiger partial charge < -0.3 is 40.9 Å². The van der Waals surface area contributed by atoms with Crippen LogP contribution >= 0.6 is 0 Å². The third-order valence-corrected chi connectivity index (χ3v) is 11.8. The number of fused-ring (bicyclic) bond motifs is 3. The number of nitrogens with zero attached hydrogens (tertiary/aromatic N) is 6. The number of aromatic nitrogens is 2. The zero-order valence-electron chi connectivity index (χ0n) is 30.1. The molecular formula is C38H48N10O6. The van der Waals surface area contributed by atoms with Gasteiger partial charge in [-0.05, 0) is 60.1 Å². The molecule has 4 atom stereocenters. The lowest BCUT2D eigenvalue weighted by Gasteiger charge is -2.52. The first kappa shape index (κ1) is 36.6. The second kappa shape index (κ2) is 15.3. The van der Waals surface area contributed by atoms with Crippen molar-refractivity contribution in [3.05, 3.63) is 83.9 Å². The van der Waals surface area contributed by atoms with Gasteiger partial charge in [0.25, 0.3) is 5.91 Å². The number of carbonyl (C=O) groups excluding carboxylic acids is 2. The Hall–Kier alpha value is -5.80. The molecule has 7 rings (SSSR count). The summed E-state index contributed by atoms with van der Waals surface area (Å²) in [5.74, 6) is -0.228. The fourth-order valence-corrected chi connectivity index (χ4v) is 9.17. The normalized spacial score (nSPS) is 25.3. The Morgan fingerprint density at radius 2 is 1.52 bits per heavy atom. The molecule has 5 amide bonds. The molecule has 2 aliphatic carbocycles. The van der Waals surface area contributed by atoms with Gasteiger partial charge in [-0.2, -0.15) is 0 Å². The molecule has 1 spiro atoms. The van der Waals surface area contributed by atoms with Gasteiger partial charge in [0, 0.05) is 69.5 Å². The van der Waals surface area contributed by atoms with Crippen LogP contribution in [-0.4, -0.2) is 120 Å². The van der Waals surface area contributed by atoms with Crippen LogP contribution in [0.1, 0.15) is 60.0 Å². The van der Waals surface area contributed by atoms with Crippen LogP contribution in [0, 0.1) is 17.2 Å². The molecule has 16 heteroatoms. The molecule has 3 aromatic rings. The zero-order valence-corrected chi connectivity index (χ0v) is 30.1. The van der Waals surface area contributed by atoms with E-state index in [1.54, 1.807) is 58.7 Å². The Kier molecular flexibility index (Phi) is 10.3. The van der Waals surface area contributed by atoms with Crippen LogP contribution in [0.5, 0.6) is 0 Å². The Bertz CT molecular complexity index is 1840. The van der Waals surface area contributed by atoms with Gasteiger partial charge >= 0.3 is 18.2 Å². The summed E-state index contributed by atoms with van der Waals surface area (Å²) in [5, 5.41) is 34.4. The molecule has 2 saturated carbocycles. The Balaban J connectivity index is 1.15. The highest BCUT2D eigenvalue weighted by Gasteiger charge is 2.71. The van der Waals surface area contributed by atoms with Gasteiger partial charge in [0.1, 0.15) is 0 Å².